The Kier molecular flexibility index (Phi) is 7.17. The van der Waals surface area contributed by atoms with Gasteiger partial charge in [0.25, 0.3) is 5.56 Å². The first-order valence-electron chi connectivity index (χ1n) is 9.33. The zero-order chi connectivity index (χ0) is 19.3. The topological polar surface area (TPSA) is 52.6 Å². The molecular formula is C20H31N4OS+. The second-order valence-corrected chi connectivity index (χ2v) is 7.18. The highest BCUT2D eigenvalue weighted by atomic mass is 32.1. The Bertz CT molecular complexity index is 826. The van der Waals surface area contributed by atoms with E-state index in [0.29, 0.717) is 11.7 Å². The third kappa shape index (κ3) is 4.62. The number of hydrogen-bond acceptors (Lipinski definition) is 2. The van der Waals surface area contributed by atoms with Gasteiger partial charge in [-0.2, -0.15) is 0 Å². The number of rotatable bonds is 7. The summed E-state index contributed by atoms with van der Waals surface area (Å²) in [5.74, 6) is 0. The Labute approximate surface area is 161 Å². The van der Waals surface area contributed by atoms with Crippen molar-refractivity contribution in [1.29, 1.82) is 0 Å². The molecule has 0 bridgehead atoms. The molecule has 2 aromatic rings. The highest BCUT2D eigenvalue weighted by Crippen LogP contribution is 2.20. The summed E-state index contributed by atoms with van der Waals surface area (Å²) in [4.78, 5) is 19.3. The summed E-state index contributed by atoms with van der Waals surface area (Å²) in [5.41, 5.74) is 3.89. The van der Waals surface area contributed by atoms with Crippen molar-refractivity contribution in [1.82, 2.24) is 15.2 Å². The quantitative estimate of drug-likeness (QED) is 0.640. The highest BCUT2D eigenvalue weighted by molar-refractivity contribution is 7.80. The van der Waals surface area contributed by atoms with Crippen molar-refractivity contribution < 1.29 is 4.90 Å². The van der Waals surface area contributed by atoms with Gasteiger partial charge in [-0.25, -0.2) is 0 Å². The summed E-state index contributed by atoms with van der Waals surface area (Å²) in [6.07, 6.45) is 0. The summed E-state index contributed by atoms with van der Waals surface area (Å²) in [6, 6.07) is 6.16. The van der Waals surface area contributed by atoms with E-state index in [0.717, 1.165) is 48.2 Å². The van der Waals surface area contributed by atoms with Gasteiger partial charge < -0.3 is 20.1 Å². The minimum atomic E-state index is -0.0368. The fraction of sp³-hybridized carbons (Fsp3) is 0.500. The van der Waals surface area contributed by atoms with Crippen molar-refractivity contribution in [2.24, 2.45) is 0 Å². The average Bonchev–Trinajstić information content (AvgIpc) is 2.64. The second-order valence-electron chi connectivity index (χ2n) is 6.80. The number of quaternary nitrogens is 1. The van der Waals surface area contributed by atoms with E-state index in [9.17, 15) is 4.79 Å². The second kappa shape index (κ2) is 9.14. The highest BCUT2D eigenvalue weighted by Gasteiger charge is 2.15. The first kappa shape index (κ1) is 20.4. The number of fused-ring (bicyclic) bond motifs is 1. The summed E-state index contributed by atoms with van der Waals surface area (Å²) in [7, 11) is 1.83. The van der Waals surface area contributed by atoms with E-state index in [1.165, 1.54) is 10.5 Å². The number of aromatic amines is 1. The van der Waals surface area contributed by atoms with Gasteiger partial charge in [0.2, 0.25) is 0 Å². The molecule has 0 saturated carbocycles. The van der Waals surface area contributed by atoms with Crippen molar-refractivity contribution in [3.8, 4) is 0 Å². The van der Waals surface area contributed by atoms with Crippen LogP contribution < -0.4 is 15.8 Å². The molecule has 0 saturated heterocycles. The molecule has 0 aliphatic rings. The van der Waals surface area contributed by atoms with Gasteiger partial charge in [-0.15, -0.1) is 0 Å². The van der Waals surface area contributed by atoms with Crippen molar-refractivity contribution in [2.75, 3.05) is 33.2 Å². The zero-order valence-corrected chi connectivity index (χ0v) is 17.3. The van der Waals surface area contributed by atoms with Crippen LogP contribution in [0.4, 0.5) is 0 Å². The van der Waals surface area contributed by atoms with E-state index in [2.05, 4.69) is 42.0 Å². The molecule has 5 nitrogen and oxygen atoms in total. The molecule has 0 fully saturated rings. The minimum absolute atomic E-state index is 0.0368. The molecule has 0 unspecified atom stereocenters. The molecule has 6 heteroatoms. The van der Waals surface area contributed by atoms with Crippen LogP contribution in [0.15, 0.2) is 23.0 Å². The van der Waals surface area contributed by atoms with Gasteiger partial charge >= 0.3 is 0 Å². The molecule has 1 heterocycles. The van der Waals surface area contributed by atoms with Crippen LogP contribution in [-0.2, 0) is 6.54 Å². The Morgan fingerprint density at radius 2 is 1.88 bits per heavy atom. The molecule has 3 N–H and O–H groups in total. The molecule has 0 atom stereocenters. The Morgan fingerprint density at radius 1 is 1.23 bits per heavy atom. The van der Waals surface area contributed by atoms with Crippen LogP contribution in [0.25, 0.3) is 10.9 Å². The van der Waals surface area contributed by atoms with Crippen LogP contribution in [0, 0.1) is 13.8 Å². The number of aryl methyl sites for hydroxylation is 2. The van der Waals surface area contributed by atoms with Gasteiger partial charge in [0.05, 0.1) is 38.2 Å². The predicted octanol–water partition coefficient (Wildman–Crippen LogP) is 1.38. The normalized spacial score (nSPS) is 11.2. The molecule has 0 spiro atoms. The molecule has 1 aromatic carbocycles. The van der Waals surface area contributed by atoms with Crippen molar-refractivity contribution in [3.05, 3.63) is 45.2 Å². The third-order valence-corrected chi connectivity index (χ3v) is 5.58. The fourth-order valence-corrected chi connectivity index (χ4v) is 3.40. The summed E-state index contributed by atoms with van der Waals surface area (Å²) in [6.45, 7) is 13.0. The first-order chi connectivity index (χ1) is 12.4. The summed E-state index contributed by atoms with van der Waals surface area (Å²) < 4.78 is 0. The maximum Gasteiger partial charge on any atom is 0.253 e. The molecule has 0 aliphatic heterocycles. The van der Waals surface area contributed by atoms with E-state index in [4.69, 9.17) is 12.2 Å². The third-order valence-electron chi connectivity index (χ3n) is 5.12. The van der Waals surface area contributed by atoms with Gasteiger partial charge in [0.15, 0.2) is 5.11 Å². The van der Waals surface area contributed by atoms with Gasteiger partial charge in [0.1, 0.15) is 0 Å². The minimum Gasteiger partial charge on any atom is -0.366 e. The van der Waals surface area contributed by atoms with Crippen molar-refractivity contribution in [2.45, 2.75) is 34.2 Å². The number of H-pyrrole nitrogens is 1. The van der Waals surface area contributed by atoms with Crippen LogP contribution in [0.1, 0.15) is 30.5 Å². The number of nitrogens with one attached hydrogen (secondary N) is 3. The number of hydrogen-bond donors (Lipinski definition) is 3. The lowest BCUT2D eigenvalue weighted by atomic mass is 10.0. The number of benzene rings is 1. The van der Waals surface area contributed by atoms with Gasteiger partial charge in [-0.3, -0.25) is 4.79 Å². The van der Waals surface area contributed by atoms with Crippen LogP contribution in [0.3, 0.4) is 0 Å². The van der Waals surface area contributed by atoms with Crippen molar-refractivity contribution >= 4 is 28.2 Å². The smallest absolute Gasteiger partial charge is 0.253 e. The maximum absolute atomic E-state index is 12.6. The van der Waals surface area contributed by atoms with Gasteiger partial charge in [-0.1, -0.05) is 12.1 Å². The number of aromatic nitrogens is 1. The number of pyridine rings is 1. The molecule has 0 amide bonds. The lowest BCUT2D eigenvalue weighted by Crippen LogP contribution is -3.12. The lowest BCUT2D eigenvalue weighted by molar-refractivity contribution is -0.895. The van der Waals surface area contributed by atoms with E-state index >= 15 is 0 Å². The molecule has 0 aliphatic carbocycles. The molecule has 0 radical (unpaired) electrons. The summed E-state index contributed by atoms with van der Waals surface area (Å²) >= 11 is 5.48. The van der Waals surface area contributed by atoms with E-state index in [1.807, 2.05) is 26.1 Å². The average molecular weight is 376 g/mol. The number of nitrogens with zero attached hydrogens (tertiary/aromatic N) is 1. The maximum atomic E-state index is 12.6. The molecule has 1 aromatic heterocycles. The number of likely N-dealkylation sites (N-methyl/N-ethyl adjacent to an activating group) is 1. The lowest BCUT2D eigenvalue weighted by Gasteiger charge is -2.26. The molecular weight excluding hydrogens is 344 g/mol. The summed E-state index contributed by atoms with van der Waals surface area (Å²) in [5, 5.41) is 4.84. The Balaban J connectivity index is 2.32. The molecule has 26 heavy (non-hydrogen) atoms. The van der Waals surface area contributed by atoms with Crippen molar-refractivity contribution in [3.63, 3.8) is 0 Å². The van der Waals surface area contributed by atoms with Crippen LogP contribution in [-0.4, -0.2) is 48.2 Å². The van der Waals surface area contributed by atoms with Gasteiger partial charge in [0, 0.05) is 18.0 Å². The van der Waals surface area contributed by atoms with Crippen LogP contribution in [0.2, 0.25) is 0 Å². The monoisotopic (exact) mass is 375 g/mol. The zero-order valence-electron chi connectivity index (χ0n) is 16.5. The number of thiocarbonyl (C=S) groups is 1. The Hall–Kier alpha value is -1.92. The van der Waals surface area contributed by atoms with Crippen LogP contribution in [0.5, 0.6) is 0 Å². The fourth-order valence-electron chi connectivity index (χ4n) is 3.25. The van der Waals surface area contributed by atoms with E-state index < -0.39 is 0 Å². The molecule has 142 valence electrons. The standard InChI is InChI=1S/C20H30N4OS/c1-6-23(7-2)10-11-24(20(26)21-5)13-16-12-17-14(3)8-9-15(4)18(17)22-19(16)25/h8-9,12H,6-7,10-11,13H2,1-5H3,(H,21,26)(H,22,25)/p+1. The van der Waals surface area contributed by atoms with Gasteiger partial charge in [-0.05, 0) is 57.1 Å². The predicted molar refractivity (Wildman–Crippen MR) is 113 cm³/mol. The van der Waals surface area contributed by atoms with Crippen LogP contribution >= 0.6 is 12.2 Å². The Morgan fingerprint density at radius 3 is 2.50 bits per heavy atom. The van der Waals surface area contributed by atoms with E-state index in [1.54, 1.807) is 0 Å². The largest absolute Gasteiger partial charge is 0.366 e. The van der Waals surface area contributed by atoms with E-state index in [-0.39, 0.29) is 5.56 Å². The SMILES string of the molecule is CC[NH+](CC)CCN(Cc1cc2c(C)ccc(C)c2[nH]c1=O)C(=S)NC. The first-order valence-corrected chi connectivity index (χ1v) is 9.74. The molecule has 2 rings (SSSR count).